The standard InChI is InChI=1S/C10H20N4O2S/c1-4-12-17(15,16)6-5-11-7-10-8-14(3)13-9(10)2/h8,11-12H,4-7H2,1-3H3. The number of sulfonamides is 1. The van der Waals surface area contributed by atoms with E-state index in [1.807, 2.05) is 20.2 Å². The fourth-order valence-corrected chi connectivity index (χ4v) is 2.54. The Bertz CT molecular complexity index is 453. The first kappa shape index (κ1) is 14.1. The van der Waals surface area contributed by atoms with Gasteiger partial charge in [-0.1, -0.05) is 6.92 Å². The molecule has 0 saturated carbocycles. The third-order valence-electron chi connectivity index (χ3n) is 2.34. The summed E-state index contributed by atoms with van der Waals surface area (Å²) in [5, 5.41) is 7.31. The van der Waals surface area contributed by atoms with Crippen LogP contribution in [0.2, 0.25) is 0 Å². The van der Waals surface area contributed by atoms with Crippen LogP contribution in [0.15, 0.2) is 6.20 Å². The van der Waals surface area contributed by atoms with Crippen molar-refractivity contribution in [1.82, 2.24) is 19.8 Å². The molecule has 0 radical (unpaired) electrons. The van der Waals surface area contributed by atoms with Gasteiger partial charge in [0.2, 0.25) is 10.0 Å². The quantitative estimate of drug-likeness (QED) is 0.663. The van der Waals surface area contributed by atoms with Crippen LogP contribution in [0.25, 0.3) is 0 Å². The highest BCUT2D eigenvalue weighted by atomic mass is 32.2. The Hall–Kier alpha value is -0.920. The normalized spacial score (nSPS) is 11.9. The molecule has 0 aliphatic carbocycles. The van der Waals surface area contributed by atoms with Gasteiger partial charge in [0.15, 0.2) is 0 Å². The summed E-state index contributed by atoms with van der Waals surface area (Å²) in [7, 11) is -1.26. The zero-order chi connectivity index (χ0) is 12.9. The minimum Gasteiger partial charge on any atom is -0.311 e. The van der Waals surface area contributed by atoms with Gasteiger partial charge in [-0.05, 0) is 6.92 Å². The molecule has 6 nitrogen and oxygen atoms in total. The summed E-state index contributed by atoms with van der Waals surface area (Å²) in [4.78, 5) is 0. The van der Waals surface area contributed by atoms with Crippen molar-refractivity contribution < 1.29 is 8.42 Å². The second-order valence-corrected chi connectivity index (χ2v) is 5.83. The predicted octanol–water partition coefficient (Wildman–Crippen LogP) is -0.243. The molecule has 0 aliphatic rings. The predicted molar refractivity (Wildman–Crippen MR) is 67.1 cm³/mol. The van der Waals surface area contributed by atoms with Crippen LogP contribution in [0, 0.1) is 6.92 Å². The van der Waals surface area contributed by atoms with Gasteiger partial charge >= 0.3 is 0 Å². The Morgan fingerprint density at radius 2 is 2.18 bits per heavy atom. The SMILES string of the molecule is CCNS(=O)(=O)CCNCc1cn(C)nc1C. The van der Waals surface area contributed by atoms with Gasteiger partial charge < -0.3 is 5.32 Å². The first-order valence-electron chi connectivity index (χ1n) is 5.62. The fourth-order valence-electron chi connectivity index (χ4n) is 1.54. The highest BCUT2D eigenvalue weighted by Crippen LogP contribution is 2.03. The number of nitrogens with zero attached hydrogens (tertiary/aromatic N) is 2. The first-order valence-corrected chi connectivity index (χ1v) is 7.27. The molecule has 2 N–H and O–H groups in total. The van der Waals surface area contributed by atoms with Crippen LogP contribution in [0.3, 0.4) is 0 Å². The van der Waals surface area contributed by atoms with Crippen molar-refractivity contribution in [3.05, 3.63) is 17.5 Å². The molecule has 0 amide bonds. The Kier molecular flexibility index (Phi) is 5.10. The number of aryl methyl sites for hydroxylation is 2. The summed E-state index contributed by atoms with van der Waals surface area (Å²) in [5.74, 6) is 0.0974. The average Bonchev–Trinajstić information content (AvgIpc) is 2.52. The molecule has 98 valence electrons. The number of rotatable bonds is 7. The number of nitrogens with one attached hydrogen (secondary N) is 2. The van der Waals surface area contributed by atoms with Crippen LogP contribution in [0.1, 0.15) is 18.2 Å². The van der Waals surface area contributed by atoms with Crippen LogP contribution in [0.4, 0.5) is 0 Å². The molecule has 0 fully saturated rings. The Morgan fingerprint density at radius 3 is 2.71 bits per heavy atom. The minimum atomic E-state index is -3.12. The lowest BCUT2D eigenvalue weighted by molar-refractivity contribution is 0.578. The zero-order valence-electron chi connectivity index (χ0n) is 10.5. The lowest BCUT2D eigenvalue weighted by atomic mass is 10.3. The van der Waals surface area contributed by atoms with E-state index in [-0.39, 0.29) is 5.75 Å². The van der Waals surface area contributed by atoms with Gasteiger partial charge in [-0.2, -0.15) is 5.10 Å². The summed E-state index contributed by atoms with van der Waals surface area (Å²) < 4.78 is 26.9. The fraction of sp³-hybridized carbons (Fsp3) is 0.700. The molecule has 0 unspecified atom stereocenters. The molecular weight excluding hydrogens is 240 g/mol. The molecule has 0 spiro atoms. The van der Waals surface area contributed by atoms with E-state index in [0.717, 1.165) is 11.3 Å². The molecule has 0 saturated heterocycles. The van der Waals surface area contributed by atoms with Crippen molar-refractivity contribution in [2.24, 2.45) is 7.05 Å². The van der Waals surface area contributed by atoms with Crippen LogP contribution < -0.4 is 10.0 Å². The molecule has 0 bridgehead atoms. The van der Waals surface area contributed by atoms with Crippen LogP contribution in [-0.2, 0) is 23.6 Å². The van der Waals surface area contributed by atoms with E-state index in [0.29, 0.717) is 19.6 Å². The maximum Gasteiger partial charge on any atom is 0.212 e. The van der Waals surface area contributed by atoms with E-state index in [9.17, 15) is 8.42 Å². The van der Waals surface area contributed by atoms with Gasteiger partial charge in [-0.3, -0.25) is 4.68 Å². The summed E-state index contributed by atoms with van der Waals surface area (Å²) in [5.41, 5.74) is 2.06. The summed E-state index contributed by atoms with van der Waals surface area (Å²) in [6.45, 7) is 5.21. The van der Waals surface area contributed by atoms with E-state index in [2.05, 4.69) is 15.1 Å². The molecule has 0 aliphatic heterocycles. The Labute approximate surface area is 102 Å². The maximum absolute atomic E-state index is 11.3. The molecule has 1 aromatic heterocycles. The van der Waals surface area contributed by atoms with E-state index in [1.54, 1.807) is 11.6 Å². The minimum absolute atomic E-state index is 0.0974. The van der Waals surface area contributed by atoms with Crippen molar-refractivity contribution in [2.75, 3.05) is 18.8 Å². The highest BCUT2D eigenvalue weighted by Gasteiger charge is 2.08. The number of hydrogen-bond donors (Lipinski definition) is 2. The van der Waals surface area contributed by atoms with Gasteiger partial charge in [0.05, 0.1) is 11.4 Å². The van der Waals surface area contributed by atoms with E-state index >= 15 is 0 Å². The molecule has 0 aromatic carbocycles. The van der Waals surface area contributed by atoms with Crippen molar-refractivity contribution in [3.63, 3.8) is 0 Å². The second-order valence-electron chi connectivity index (χ2n) is 3.91. The molecule has 1 heterocycles. The molecular formula is C10H20N4O2S. The monoisotopic (exact) mass is 260 g/mol. The summed E-state index contributed by atoms with van der Waals surface area (Å²) in [6.07, 6.45) is 1.93. The second kappa shape index (κ2) is 6.13. The topological polar surface area (TPSA) is 76.0 Å². The van der Waals surface area contributed by atoms with Crippen molar-refractivity contribution in [3.8, 4) is 0 Å². The van der Waals surface area contributed by atoms with Crippen molar-refractivity contribution >= 4 is 10.0 Å². The van der Waals surface area contributed by atoms with E-state index in [1.165, 1.54) is 0 Å². The Balaban J connectivity index is 2.32. The average molecular weight is 260 g/mol. The van der Waals surface area contributed by atoms with Gasteiger partial charge in [-0.25, -0.2) is 13.1 Å². The van der Waals surface area contributed by atoms with Crippen molar-refractivity contribution in [1.29, 1.82) is 0 Å². The van der Waals surface area contributed by atoms with E-state index < -0.39 is 10.0 Å². The maximum atomic E-state index is 11.3. The van der Waals surface area contributed by atoms with Gasteiger partial charge in [-0.15, -0.1) is 0 Å². The lowest BCUT2D eigenvalue weighted by Gasteiger charge is -2.05. The van der Waals surface area contributed by atoms with Gasteiger partial charge in [0.25, 0.3) is 0 Å². The summed E-state index contributed by atoms with van der Waals surface area (Å²) >= 11 is 0. The zero-order valence-corrected chi connectivity index (χ0v) is 11.3. The number of hydrogen-bond acceptors (Lipinski definition) is 4. The van der Waals surface area contributed by atoms with Gasteiger partial charge in [0.1, 0.15) is 0 Å². The van der Waals surface area contributed by atoms with Crippen LogP contribution >= 0.6 is 0 Å². The molecule has 7 heteroatoms. The summed E-state index contributed by atoms with van der Waals surface area (Å²) in [6, 6.07) is 0. The Morgan fingerprint density at radius 1 is 1.47 bits per heavy atom. The third kappa shape index (κ3) is 4.84. The van der Waals surface area contributed by atoms with Gasteiger partial charge in [0, 0.05) is 38.4 Å². The molecule has 1 rings (SSSR count). The van der Waals surface area contributed by atoms with Crippen LogP contribution in [-0.4, -0.2) is 37.0 Å². The van der Waals surface area contributed by atoms with Crippen LogP contribution in [0.5, 0.6) is 0 Å². The molecule has 0 atom stereocenters. The molecule has 17 heavy (non-hydrogen) atoms. The molecule has 1 aromatic rings. The van der Waals surface area contributed by atoms with E-state index in [4.69, 9.17) is 0 Å². The number of aromatic nitrogens is 2. The first-order chi connectivity index (χ1) is 7.94. The third-order valence-corrected chi connectivity index (χ3v) is 3.81. The highest BCUT2D eigenvalue weighted by molar-refractivity contribution is 7.89. The lowest BCUT2D eigenvalue weighted by Crippen LogP contribution is -2.31. The largest absolute Gasteiger partial charge is 0.311 e. The van der Waals surface area contributed by atoms with Crippen molar-refractivity contribution in [2.45, 2.75) is 20.4 Å². The smallest absolute Gasteiger partial charge is 0.212 e.